The van der Waals surface area contributed by atoms with Gasteiger partial charge in [-0.3, -0.25) is 0 Å². The topological polar surface area (TPSA) is 120 Å². The fourth-order valence-electron chi connectivity index (χ4n) is 0.408. The zero-order valence-electron chi connectivity index (χ0n) is 12.4. The van der Waals surface area contributed by atoms with Gasteiger partial charge in [0.1, 0.15) is 0 Å². The van der Waals surface area contributed by atoms with E-state index < -0.39 is 17.9 Å². The molecule has 0 N–H and O–H groups in total. The summed E-state index contributed by atoms with van der Waals surface area (Å²) in [7, 11) is 0. The molecule has 0 aliphatic rings. The molecule has 0 rings (SSSR count). The van der Waals surface area contributed by atoms with Crippen LogP contribution in [0.5, 0.6) is 0 Å². The Balaban J connectivity index is -0.0000000221. The van der Waals surface area contributed by atoms with E-state index in [0.717, 1.165) is 18.2 Å². The first-order valence-electron chi connectivity index (χ1n) is 4.82. The van der Waals surface area contributed by atoms with Gasteiger partial charge in [0.2, 0.25) is 0 Å². The second kappa shape index (κ2) is 43.0. The molecule has 0 atom stereocenters. The van der Waals surface area contributed by atoms with Crippen molar-refractivity contribution in [2.75, 3.05) is 0 Å². The van der Waals surface area contributed by atoms with Crippen molar-refractivity contribution in [3.8, 4) is 0 Å². The van der Waals surface area contributed by atoms with Crippen LogP contribution in [0, 0.1) is 0 Å². The van der Waals surface area contributed by atoms with Gasteiger partial charge < -0.3 is 66.9 Å². The smallest absolute Gasteiger partial charge is 1.00 e. The summed E-state index contributed by atoms with van der Waals surface area (Å²) in [5, 5.41) is 28.2. The summed E-state index contributed by atoms with van der Waals surface area (Å²) in [5.41, 5.74) is 0. The van der Waals surface area contributed by atoms with Gasteiger partial charge in [0.15, 0.2) is 0 Å². The van der Waals surface area contributed by atoms with Crippen LogP contribution < -0.4 is 52.5 Å². The number of aliphatic carboxylic acids is 3. The Morgan fingerprint density at radius 2 is 0.696 bits per heavy atom. The average Bonchev–Trinajstić information content (AvgIpc) is 2.18. The molecule has 0 saturated heterocycles. The van der Waals surface area contributed by atoms with E-state index in [2.05, 4.69) is 0 Å². The quantitative estimate of drug-likeness (QED) is 0.382. The van der Waals surface area contributed by atoms with E-state index in [9.17, 15) is 29.7 Å². The maximum Gasteiger partial charge on any atom is 3.00 e. The fraction of sp³-hybridized carbons (Fsp3) is 0.250. The van der Waals surface area contributed by atoms with Gasteiger partial charge in [-0.05, 0) is 39.0 Å². The number of carbonyl (C=O) groups is 3. The molecule has 0 heterocycles. The van der Waals surface area contributed by atoms with E-state index in [1.165, 1.54) is 18.2 Å². The van der Waals surface area contributed by atoms with Crippen LogP contribution in [0.3, 0.4) is 0 Å². The van der Waals surface area contributed by atoms with Gasteiger partial charge in [-0.15, -0.1) is 0 Å². The van der Waals surface area contributed by atoms with Gasteiger partial charge in [-0.2, -0.15) is 0 Å². The van der Waals surface area contributed by atoms with Crippen molar-refractivity contribution in [2.24, 2.45) is 0 Å². The molecule has 0 aromatic rings. The molecule has 0 unspecified atom stereocenters. The number of carbonyl (C=O) groups excluding carboxylic acids is 3. The minimum Gasteiger partial charge on any atom is -1.00 e. The van der Waals surface area contributed by atoms with Crippen molar-refractivity contribution in [2.45, 2.75) is 20.8 Å². The molecular formula is C12H15Cl3Cr2O6. The summed E-state index contributed by atoms with van der Waals surface area (Å²) in [6, 6.07) is 0. The first kappa shape index (κ1) is 49.5. The van der Waals surface area contributed by atoms with E-state index in [0.29, 0.717) is 0 Å². The Hall–Kier alpha value is -0.435. The minimum absolute atomic E-state index is 0. The molecule has 132 valence electrons. The van der Waals surface area contributed by atoms with Crippen LogP contribution in [0.15, 0.2) is 36.5 Å². The van der Waals surface area contributed by atoms with Crippen LogP contribution in [0.2, 0.25) is 0 Å². The molecule has 0 fully saturated rings. The van der Waals surface area contributed by atoms with Crippen LogP contribution in [-0.4, -0.2) is 17.9 Å². The van der Waals surface area contributed by atoms with Crippen molar-refractivity contribution < 1.29 is 102 Å². The van der Waals surface area contributed by atoms with Gasteiger partial charge >= 0.3 is 34.7 Å². The Morgan fingerprint density at radius 1 is 0.565 bits per heavy atom. The fourth-order valence-corrected chi connectivity index (χ4v) is 0.408. The third-order valence-corrected chi connectivity index (χ3v) is 0.908. The van der Waals surface area contributed by atoms with Crippen molar-refractivity contribution in [3.05, 3.63) is 36.5 Å². The van der Waals surface area contributed by atoms with Crippen molar-refractivity contribution in [1.29, 1.82) is 0 Å². The first-order valence-corrected chi connectivity index (χ1v) is 4.82. The van der Waals surface area contributed by atoms with Crippen LogP contribution >= 0.6 is 0 Å². The predicted molar refractivity (Wildman–Crippen MR) is 59.5 cm³/mol. The Bertz CT molecular complexity index is 295. The zero-order chi connectivity index (χ0) is 15.0. The molecule has 2 radical (unpaired) electrons. The van der Waals surface area contributed by atoms with Crippen molar-refractivity contribution >= 4 is 17.9 Å². The van der Waals surface area contributed by atoms with Crippen LogP contribution in [-0.2, 0) is 49.1 Å². The summed E-state index contributed by atoms with van der Waals surface area (Å²) in [4.78, 5) is 28.2. The van der Waals surface area contributed by atoms with Crippen LogP contribution in [0.1, 0.15) is 20.8 Å². The molecular weight excluding hydrogens is 450 g/mol. The number of carboxylic acids is 3. The van der Waals surface area contributed by atoms with Gasteiger partial charge in [0, 0.05) is 0 Å². The maximum absolute atomic E-state index is 9.40. The van der Waals surface area contributed by atoms with Gasteiger partial charge in [0.25, 0.3) is 0 Å². The molecule has 6 nitrogen and oxygen atoms in total. The zero-order valence-corrected chi connectivity index (χ0v) is 17.2. The van der Waals surface area contributed by atoms with Crippen LogP contribution in [0.4, 0.5) is 0 Å². The van der Waals surface area contributed by atoms with E-state index in [1.54, 1.807) is 20.8 Å². The minimum atomic E-state index is -1.14. The summed E-state index contributed by atoms with van der Waals surface area (Å²) in [5.74, 6) is -3.42. The number of carboxylic acid groups (broad SMARTS) is 3. The molecule has 0 bridgehead atoms. The molecule has 0 aromatic carbocycles. The van der Waals surface area contributed by atoms with Crippen LogP contribution in [0.25, 0.3) is 0 Å². The third-order valence-electron chi connectivity index (χ3n) is 0.908. The standard InChI is InChI=1S/3C4H6O2.3ClH.2Cr/c3*1-2-3-4(5)6;;;;;/h3*2-3H,1H3,(H,5,6);3*1H;;/q;;;;;;2*+3/p-6/b3*3-2+;;;;;. The number of allylic oxidation sites excluding steroid dienone is 3. The summed E-state index contributed by atoms with van der Waals surface area (Å²) >= 11 is 0. The Kier molecular flexibility index (Phi) is 92.5. The van der Waals surface area contributed by atoms with Gasteiger partial charge in [0.05, 0.1) is 17.9 Å². The molecule has 0 saturated carbocycles. The molecule has 0 aromatic heterocycles. The molecule has 0 aliphatic heterocycles. The third kappa shape index (κ3) is 113. The normalized spacial score (nSPS) is 7.43. The number of halogens is 3. The average molecular weight is 466 g/mol. The van der Waals surface area contributed by atoms with Gasteiger partial charge in [-0.1, -0.05) is 18.2 Å². The van der Waals surface area contributed by atoms with Crippen molar-refractivity contribution in [3.63, 3.8) is 0 Å². The Morgan fingerprint density at radius 3 is 0.696 bits per heavy atom. The van der Waals surface area contributed by atoms with E-state index in [4.69, 9.17) is 0 Å². The second-order valence-corrected chi connectivity index (χ2v) is 2.46. The first-order chi connectivity index (χ1) is 8.31. The molecule has 0 spiro atoms. The largest absolute Gasteiger partial charge is 3.00 e. The molecule has 0 amide bonds. The summed E-state index contributed by atoms with van der Waals surface area (Å²) in [6.45, 7) is 4.86. The SMILES string of the molecule is C/C=C/C(=O)[O-].C/C=C/C(=O)[O-].C/C=C/C(=O)[O-].[Cl-].[Cl-].[Cl-].[Cr+3].[Cr+3]. The number of hydrogen-bond acceptors (Lipinski definition) is 6. The Labute approximate surface area is 176 Å². The van der Waals surface area contributed by atoms with Gasteiger partial charge in [-0.25, -0.2) is 0 Å². The summed E-state index contributed by atoms with van der Waals surface area (Å²) in [6.07, 6.45) is 7.15. The van der Waals surface area contributed by atoms with Crippen molar-refractivity contribution in [1.82, 2.24) is 0 Å². The molecule has 0 aliphatic carbocycles. The monoisotopic (exact) mass is 464 g/mol. The second-order valence-electron chi connectivity index (χ2n) is 2.46. The number of hydrogen-bond donors (Lipinski definition) is 0. The van der Waals surface area contributed by atoms with E-state index in [-0.39, 0.29) is 71.9 Å². The molecule has 23 heavy (non-hydrogen) atoms. The predicted octanol–water partition coefficient (Wildman–Crippen LogP) is -11.1. The van der Waals surface area contributed by atoms with E-state index >= 15 is 0 Å². The number of rotatable bonds is 3. The molecule has 11 heteroatoms. The maximum atomic E-state index is 9.40. The van der Waals surface area contributed by atoms with E-state index in [1.807, 2.05) is 0 Å². The summed E-state index contributed by atoms with van der Waals surface area (Å²) < 4.78 is 0.